The first-order valence-electron chi connectivity index (χ1n) is 8.11. The zero-order chi connectivity index (χ0) is 19.8. The summed E-state index contributed by atoms with van der Waals surface area (Å²) in [5.41, 5.74) is 1.99. The fraction of sp³-hybridized carbons (Fsp3) is 0.158. The van der Waals surface area contributed by atoms with Gasteiger partial charge in [0.2, 0.25) is 5.75 Å². The molecule has 0 aliphatic carbocycles. The quantitative estimate of drug-likeness (QED) is 0.484. The lowest BCUT2D eigenvalue weighted by Crippen LogP contribution is -2.02. The summed E-state index contributed by atoms with van der Waals surface area (Å²) in [6.45, 7) is 0. The van der Waals surface area contributed by atoms with Crippen LogP contribution in [0.2, 0.25) is 0 Å². The van der Waals surface area contributed by atoms with E-state index in [1.165, 1.54) is 21.3 Å². The minimum Gasteiger partial charge on any atom is -0.493 e. The van der Waals surface area contributed by atoms with Crippen LogP contribution in [0.1, 0.15) is 11.1 Å². The van der Waals surface area contributed by atoms with Crippen LogP contribution in [-0.4, -0.2) is 43.6 Å². The van der Waals surface area contributed by atoms with Crippen LogP contribution in [0.4, 0.5) is 0 Å². The summed E-state index contributed by atoms with van der Waals surface area (Å²) < 4.78 is 25.5. The number of hydrogen-bond donors (Lipinski definition) is 0. The lowest BCUT2D eigenvalue weighted by atomic mass is 9.95. The summed E-state index contributed by atoms with van der Waals surface area (Å²) in [7, 11) is 4.39. The number of nitrogens with zero attached hydrogens (tertiary/aromatic N) is 2. The fourth-order valence-electron chi connectivity index (χ4n) is 3.08. The fourth-order valence-corrected chi connectivity index (χ4v) is 3.08. The van der Waals surface area contributed by atoms with Crippen molar-refractivity contribution in [3.05, 3.63) is 41.5 Å². The van der Waals surface area contributed by atoms with Gasteiger partial charge in [0.1, 0.15) is 11.0 Å². The SMILES string of the molecule is COc1cc(C2=C(c3ccc4nonc4c3)C(=O)OC2=O)cc(OC)c1OC. The Morgan fingerprint density at radius 3 is 1.96 bits per heavy atom. The van der Waals surface area contributed by atoms with E-state index >= 15 is 0 Å². The number of hydrogen-bond acceptors (Lipinski definition) is 9. The predicted octanol–water partition coefficient (Wildman–Crippen LogP) is 2.24. The monoisotopic (exact) mass is 382 g/mol. The summed E-state index contributed by atoms with van der Waals surface area (Å²) in [5, 5.41) is 7.50. The standard InChI is InChI=1S/C19H14N2O7/c1-24-13-7-10(8-14(25-2)17(13)26-3)16-15(18(22)27-19(16)23)9-4-5-11-12(6-9)21-28-20-11/h4-8H,1-3H3. The van der Waals surface area contributed by atoms with Crippen molar-refractivity contribution in [1.29, 1.82) is 0 Å². The van der Waals surface area contributed by atoms with E-state index in [0.717, 1.165) is 0 Å². The minimum atomic E-state index is -0.771. The van der Waals surface area contributed by atoms with Gasteiger partial charge in [-0.15, -0.1) is 0 Å². The van der Waals surface area contributed by atoms with Crippen molar-refractivity contribution < 1.29 is 33.2 Å². The number of fused-ring (bicyclic) bond motifs is 1. The maximum Gasteiger partial charge on any atom is 0.347 e. The molecule has 28 heavy (non-hydrogen) atoms. The molecule has 2 aromatic carbocycles. The maximum absolute atomic E-state index is 12.5. The molecular weight excluding hydrogens is 368 g/mol. The molecule has 142 valence electrons. The Morgan fingerprint density at radius 2 is 1.36 bits per heavy atom. The van der Waals surface area contributed by atoms with Crippen molar-refractivity contribution in [2.24, 2.45) is 0 Å². The Labute approximate surface area is 158 Å². The van der Waals surface area contributed by atoms with E-state index in [-0.39, 0.29) is 11.1 Å². The van der Waals surface area contributed by atoms with Crippen molar-refractivity contribution in [2.75, 3.05) is 21.3 Å². The van der Waals surface area contributed by atoms with Crippen LogP contribution in [-0.2, 0) is 14.3 Å². The first-order chi connectivity index (χ1) is 13.6. The van der Waals surface area contributed by atoms with Gasteiger partial charge in [0.25, 0.3) is 0 Å². The zero-order valence-electron chi connectivity index (χ0n) is 15.1. The van der Waals surface area contributed by atoms with Gasteiger partial charge < -0.3 is 18.9 Å². The maximum atomic E-state index is 12.5. The zero-order valence-corrected chi connectivity index (χ0v) is 15.1. The van der Waals surface area contributed by atoms with Crippen LogP contribution in [0.5, 0.6) is 17.2 Å². The van der Waals surface area contributed by atoms with E-state index in [2.05, 4.69) is 14.9 Å². The van der Waals surface area contributed by atoms with Crippen LogP contribution in [0.25, 0.3) is 22.2 Å². The molecule has 9 heteroatoms. The molecule has 0 N–H and O–H groups in total. The number of cyclic esters (lactones) is 2. The van der Waals surface area contributed by atoms with Gasteiger partial charge in [0.05, 0.1) is 32.5 Å². The highest BCUT2D eigenvalue weighted by Gasteiger charge is 2.36. The van der Waals surface area contributed by atoms with Crippen molar-refractivity contribution in [3.8, 4) is 17.2 Å². The first-order valence-corrected chi connectivity index (χ1v) is 8.11. The highest BCUT2D eigenvalue weighted by atomic mass is 16.6. The topological polar surface area (TPSA) is 110 Å². The van der Waals surface area contributed by atoms with Gasteiger partial charge >= 0.3 is 11.9 Å². The molecule has 0 atom stereocenters. The van der Waals surface area contributed by atoms with E-state index < -0.39 is 11.9 Å². The summed E-state index contributed by atoms with van der Waals surface area (Å²) >= 11 is 0. The minimum absolute atomic E-state index is 0.0834. The molecule has 0 bridgehead atoms. The molecule has 1 aliphatic rings. The van der Waals surface area contributed by atoms with Crippen molar-refractivity contribution in [1.82, 2.24) is 10.3 Å². The molecule has 3 aromatic rings. The van der Waals surface area contributed by atoms with Gasteiger partial charge in [-0.3, -0.25) is 0 Å². The highest BCUT2D eigenvalue weighted by molar-refractivity contribution is 6.45. The third-order valence-electron chi connectivity index (χ3n) is 4.34. The number of carbonyl (C=O) groups excluding carboxylic acids is 2. The average Bonchev–Trinajstić information content (AvgIpc) is 3.29. The van der Waals surface area contributed by atoms with Crippen LogP contribution in [0.3, 0.4) is 0 Å². The molecular formula is C19H14N2O7. The van der Waals surface area contributed by atoms with E-state index in [1.54, 1.807) is 30.3 Å². The Bertz CT molecular complexity index is 1120. The Morgan fingerprint density at radius 1 is 0.750 bits per heavy atom. The van der Waals surface area contributed by atoms with E-state index in [0.29, 0.717) is 39.4 Å². The summed E-state index contributed by atoms with van der Waals surface area (Å²) in [6.07, 6.45) is 0. The number of aromatic nitrogens is 2. The Balaban J connectivity index is 1.96. The second-order valence-electron chi connectivity index (χ2n) is 5.81. The highest BCUT2D eigenvalue weighted by Crippen LogP contribution is 2.43. The lowest BCUT2D eigenvalue weighted by Gasteiger charge is -2.14. The molecule has 0 amide bonds. The smallest absolute Gasteiger partial charge is 0.347 e. The largest absolute Gasteiger partial charge is 0.493 e. The number of carbonyl (C=O) groups is 2. The van der Waals surface area contributed by atoms with Crippen molar-refractivity contribution in [3.63, 3.8) is 0 Å². The van der Waals surface area contributed by atoms with Gasteiger partial charge in [-0.2, -0.15) is 0 Å². The molecule has 0 saturated heterocycles. The van der Waals surface area contributed by atoms with Gasteiger partial charge in [-0.25, -0.2) is 14.2 Å². The number of methoxy groups -OCH3 is 3. The Hall–Kier alpha value is -3.88. The number of rotatable bonds is 5. The lowest BCUT2D eigenvalue weighted by molar-refractivity contribution is -0.149. The van der Waals surface area contributed by atoms with Crippen LogP contribution in [0, 0.1) is 0 Å². The molecule has 9 nitrogen and oxygen atoms in total. The molecule has 4 rings (SSSR count). The molecule has 0 spiro atoms. The first kappa shape index (κ1) is 17.5. The van der Waals surface area contributed by atoms with Crippen molar-refractivity contribution >= 4 is 34.1 Å². The molecule has 1 aliphatic heterocycles. The second kappa shape index (κ2) is 6.69. The summed E-state index contributed by atoms with van der Waals surface area (Å²) in [4.78, 5) is 24.9. The van der Waals surface area contributed by atoms with Crippen molar-refractivity contribution in [2.45, 2.75) is 0 Å². The molecule has 0 fully saturated rings. The number of esters is 2. The van der Waals surface area contributed by atoms with Gasteiger partial charge in [0, 0.05) is 0 Å². The van der Waals surface area contributed by atoms with Crippen LogP contribution in [0.15, 0.2) is 35.0 Å². The molecule has 0 saturated carbocycles. The third kappa shape index (κ3) is 2.64. The molecule has 2 heterocycles. The van der Waals surface area contributed by atoms with E-state index in [9.17, 15) is 9.59 Å². The van der Waals surface area contributed by atoms with Crippen LogP contribution >= 0.6 is 0 Å². The molecule has 1 aromatic heterocycles. The van der Waals surface area contributed by atoms with E-state index in [4.69, 9.17) is 18.9 Å². The molecule has 0 radical (unpaired) electrons. The van der Waals surface area contributed by atoms with Gasteiger partial charge in [-0.05, 0) is 45.7 Å². The van der Waals surface area contributed by atoms with Crippen LogP contribution < -0.4 is 14.2 Å². The van der Waals surface area contributed by atoms with Gasteiger partial charge in [-0.1, -0.05) is 6.07 Å². The summed E-state index contributed by atoms with van der Waals surface area (Å²) in [6, 6.07) is 8.02. The number of ether oxygens (including phenoxy) is 4. The van der Waals surface area contributed by atoms with Gasteiger partial charge in [0.15, 0.2) is 11.5 Å². The number of benzene rings is 2. The Kier molecular flexibility index (Phi) is 4.19. The molecule has 0 unspecified atom stereocenters. The average molecular weight is 382 g/mol. The van der Waals surface area contributed by atoms with E-state index in [1.807, 2.05) is 0 Å². The third-order valence-corrected chi connectivity index (χ3v) is 4.34. The second-order valence-corrected chi connectivity index (χ2v) is 5.81. The summed E-state index contributed by atoms with van der Waals surface area (Å²) in [5.74, 6) is -0.486. The normalized spacial score (nSPS) is 13.8. The predicted molar refractivity (Wildman–Crippen MR) is 95.8 cm³/mol.